The molecule has 0 amide bonds. The fourth-order valence-corrected chi connectivity index (χ4v) is 3.17. The molecule has 0 heterocycles. The second-order valence-electron chi connectivity index (χ2n) is 5.96. The Bertz CT molecular complexity index is 384. The van der Waals surface area contributed by atoms with Crippen molar-refractivity contribution in [1.82, 2.24) is 5.32 Å². The van der Waals surface area contributed by atoms with Crippen molar-refractivity contribution in [3.63, 3.8) is 0 Å². The van der Waals surface area contributed by atoms with Crippen molar-refractivity contribution in [2.24, 2.45) is 5.92 Å². The SMILES string of the molecule is CCCNC(CN(C)c1ccc(F)cc1)C1CCCC1. The van der Waals surface area contributed by atoms with Gasteiger partial charge in [0.05, 0.1) is 0 Å². The van der Waals surface area contributed by atoms with E-state index in [-0.39, 0.29) is 5.82 Å². The molecule has 1 aliphatic rings. The van der Waals surface area contributed by atoms with Crippen LogP contribution in [0.25, 0.3) is 0 Å². The van der Waals surface area contributed by atoms with E-state index in [1.54, 1.807) is 0 Å². The molecule has 1 atom stereocenters. The molecule has 1 saturated carbocycles. The molecule has 2 nitrogen and oxygen atoms in total. The zero-order valence-corrected chi connectivity index (χ0v) is 12.7. The molecule has 0 bridgehead atoms. The molecule has 1 aromatic carbocycles. The number of nitrogens with zero attached hydrogens (tertiary/aromatic N) is 1. The van der Waals surface area contributed by atoms with Crippen LogP contribution < -0.4 is 10.2 Å². The molecular weight excluding hydrogens is 251 g/mol. The molecule has 1 N–H and O–H groups in total. The highest BCUT2D eigenvalue weighted by atomic mass is 19.1. The van der Waals surface area contributed by atoms with Crippen LogP contribution >= 0.6 is 0 Å². The first kappa shape index (κ1) is 15.3. The quantitative estimate of drug-likeness (QED) is 0.815. The zero-order chi connectivity index (χ0) is 14.4. The maximum Gasteiger partial charge on any atom is 0.123 e. The van der Waals surface area contributed by atoms with Crippen LogP contribution in [0.4, 0.5) is 10.1 Å². The number of nitrogens with one attached hydrogen (secondary N) is 1. The van der Waals surface area contributed by atoms with E-state index in [0.717, 1.165) is 24.7 Å². The lowest BCUT2D eigenvalue weighted by molar-refractivity contribution is 0.361. The Labute approximate surface area is 122 Å². The van der Waals surface area contributed by atoms with E-state index >= 15 is 0 Å². The largest absolute Gasteiger partial charge is 0.373 e. The lowest BCUT2D eigenvalue weighted by Gasteiger charge is -2.30. The minimum atomic E-state index is -0.168. The van der Waals surface area contributed by atoms with Crippen molar-refractivity contribution in [2.75, 3.05) is 25.0 Å². The molecule has 1 aromatic rings. The minimum Gasteiger partial charge on any atom is -0.373 e. The average Bonchev–Trinajstić information content (AvgIpc) is 2.98. The third-order valence-corrected chi connectivity index (χ3v) is 4.36. The maximum absolute atomic E-state index is 13.0. The molecule has 112 valence electrons. The third kappa shape index (κ3) is 4.20. The Hall–Kier alpha value is -1.09. The highest BCUT2D eigenvalue weighted by Gasteiger charge is 2.25. The Kier molecular flexibility index (Phi) is 5.84. The lowest BCUT2D eigenvalue weighted by Crippen LogP contribution is -2.44. The molecule has 1 aliphatic carbocycles. The van der Waals surface area contributed by atoms with Crippen molar-refractivity contribution >= 4 is 5.69 Å². The van der Waals surface area contributed by atoms with Gasteiger partial charge in [-0.05, 0) is 56.0 Å². The van der Waals surface area contributed by atoms with Gasteiger partial charge in [-0.3, -0.25) is 0 Å². The van der Waals surface area contributed by atoms with Gasteiger partial charge in [-0.25, -0.2) is 4.39 Å². The minimum absolute atomic E-state index is 0.168. The third-order valence-electron chi connectivity index (χ3n) is 4.36. The summed E-state index contributed by atoms with van der Waals surface area (Å²) in [5.74, 6) is 0.628. The Morgan fingerprint density at radius 3 is 2.50 bits per heavy atom. The number of hydrogen-bond donors (Lipinski definition) is 1. The van der Waals surface area contributed by atoms with E-state index < -0.39 is 0 Å². The number of anilines is 1. The van der Waals surface area contributed by atoms with Crippen LogP contribution in [0.5, 0.6) is 0 Å². The topological polar surface area (TPSA) is 15.3 Å². The van der Waals surface area contributed by atoms with E-state index in [0.29, 0.717) is 6.04 Å². The monoisotopic (exact) mass is 278 g/mol. The molecule has 2 rings (SSSR count). The molecule has 1 unspecified atom stereocenters. The fourth-order valence-electron chi connectivity index (χ4n) is 3.17. The number of rotatable bonds is 7. The van der Waals surface area contributed by atoms with Crippen LogP contribution in [-0.2, 0) is 0 Å². The number of benzene rings is 1. The van der Waals surface area contributed by atoms with Crippen molar-refractivity contribution in [1.29, 1.82) is 0 Å². The number of hydrogen-bond acceptors (Lipinski definition) is 2. The Balaban J connectivity index is 1.96. The summed E-state index contributed by atoms with van der Waals surface area (Å²) in [6.07, 6.45) is 6.60. The predicted molar refractivity (Wildman–Crippen MR) is 83.7 cm³/mol. The van der Waals surface area contributed by atoms with Crippen molar-refractivity contribution in [3.8, 4) is 0 Å². The molecule has 0 aromatic heterocycles. The zero-order valence-electron chi connectivity index (χ0n) is 12.7. The molecule has 0 radical (unpaired) electrons. The summed E-state index contributed by atoms with van der Waals surface area (Å²) in [7, 11) is 2.10. The second-order valence-corrected chi connectivity index (χ2v) is 5.96. The van der Waals surface area contributed by atoms with Crippen molar-refractivity contribution < 1.29 is 4.39 Å². The van der Waals surface area contributed by atoms with E-state index in [9.17, 15) is 4.39 Å². The van der Waals surface area contributed by atoms with Crippen LogP contribution in [0, 0.1) is 11.7 Å². The van der Waals surface area contributed by atoms with E-state index in [1.807, 2.05) is 12.1 Å². The summed E-state index contributed by atoms with van der Waals surface area (Å²) in [5, 5.41) is 3.71. The van der Waals surface area contributed by atoms with Gasteiger partial charge in [0.25, 0.3) is 0 Å². The van der Waals surface area contributed by atoms with Gasteiger partial charge in [0.1, 0.15) is 5.82 Å². The van der Waals surface area contributed by atoms with Crippen molar-refractivity contribution in [3.05, 3.63) is 30.1 Å². The van der Waals surface area contributed by atoms with Gasteiger partial charge in [0.2, 0.25) is 0 Å². The van der Waals surface area contributed by atoms with Crippen LogP contribution in [0.3, 0.4) is 0 Å². The van der Waals surface area contributed by atoms with E-state index in [4.69, 9.17) is 0 Å². The number of likely N-dealkylation sites (N-methyl/N-ethyl adjacent to an activating group) is 1. The molecular formula is C17H27FN2. The second kappa shape index (κ2) is 7.63. The molecule has 1 fully saturated rings. The lowest BCUT2D eigenvalue weighted by atomic mass is 9.97. The smallest absolute Gasteiger partial charge is 0.123 e. The summed E-state index contributed by atoms with van der Waals surface area (Å²) in [6, 6.07) is 7.35. The van der Waals surface area contributed by atoms with Gasteiger partial charge in [0.15, 0.2) is 0 Å². The number of halogens is 1. The van der Waals surface area contributed by atoms with E-state index in [2.05, 4.69) is 24.2 Å². The van der Waals surface area contributed by atoms with Crippen LogP contribution in [0.1, 0.15) is 39.0 Å². The first-order valence-corrected chi connectivity index (χ1v) is 7.90. The average molecular weight is 278 g/mol. The first-order valence-electron chi connectivity index (χ1n) is 7.90. The van der Waals surface area contributed by atoms with E-state index in [1.165, 1.54) is 44.2 Å². The maximum atomic E-state index is 13.0. The molecule has 20 heavy (non-hydrogen) atoms. The van der Waals surface area contributed by atoms with Crippen LogP contribution in [-0.4, -0.2) is 26.2 Å². The molecule has 3 heteroatoms. The molecule has 0 spiro atoms. The Morgan fingerprint density at radius 2 is 1.90 bits per heavy atom. The fraction of sp³-hybridized carbons (Fsp3) is 0.647. The predicted octanol–water partition coefficient (Wildman–Crippen LogP) is 3.82. The van der Waals surface area contributed by atoms with Gasteiger partial charge in [-0.1, -0.05) is 19.8 Å². The molecule has 0 saturated heterocycles. The van der Waals surface area contributed by atoms with Gasteiger partial charge in [-0.2, -0.15) is 0 Å². The normalized spacial score (nSPS) is 17.4. The van der Waals surface area contributed by atoms with Crippen LogP contribution in [0.2, 0.25) is 0 Å². The summed E-state index contributed by atoms with van der Waals surface area (Å²) in [6.45, 7) is 4.29. The first-order chi connectivity index (χ1) is 9.70. The molecule has 0 aliphatic heterocycles. The summed E-state index contributed by atoms with van der Waals surface area (Å²) < 4.78 is 13.0. The van der Waals surface area contributed by atoms with Crippen molar-refractivity contribution in [2.45, 2.75) is 45.1 Å². The Morgan fingerprint density at radius 1 is 1.25 bits per heavy atom. The van der Waals surface area contributed by atoms with Gasteiger partial charge in [0, 0.05) is 25.3 Å². The highest BCUT2D eigenvalue weighted by molar-refractivity contribution is 5.45. The van der Waals surface area contributed by atoms with Gasteiger partial charge >= 0.3 is 0 Å². The standard InChI is InChI=1S/C17H27FN2/c1-3-12-19-17(14-6-4-5-7-14)13-20(2)16-10-8-15(18)9-11-16/h8-11,14,17,19H,3-7,12-13H2,1-2H3. The van der Waals surface area contributed by atoms with Gasteiger partial charge in [-0.15, -0.1) is 0 Å². The summed E-state index contributed by atoms with van der Waals surface area (Å²) in [5.41, 5.74) is 1.09. The summed E-state index contributed by atoms with van der Waals surface area (Å²) in [4.78, 5) is 2.24. The van der Waals surface area contributed by atoms with Gasteiger partial charge < -0.3 is 10.2 Å². The highest BCUT2D eigenvalue weighted by Crippen LogP contribution is 2.28. The van der Waals surface area contributed by atoms with Crippen LogP contribution in [0.15, 0.2) is 24.3 Å². The summed E-state index contributed by atoms with van der Waals surface area (Å²) >= 11 is 0.